The van der Waals surface area contributed by atoms with Crippen molar-refractivity contribution in [2.75, 3.05) is 5.32 Å². The molecule has 0 aliphatic heterocycles. The standard InChI is InChI=1S/C26H24N6O/c1-18-9-6-7-14-23(18)27-26(33)31(16-20-11-4-3-5-12-20)17-22-15-21-13-8-10-19(2)24(21)32-25(22)28-29-30-32/h3-15H,16-17H2,1-2H3,(H,27,33). The van der Waals surface area contributed by atoms with E-state index >= 15 is 0 Å². The molecular formula is C26H24N6O. The zero-order valence-corrected chi connectivity index (χ0v) is 18.6. The first-order valence-corrected chi connectivity index (χ1v) is 10.8. The van der Waals surface area contributed by atoms with Gasteiger partial charge in [0.15, 0.2) is 5.65 Å². The van der Waals surface area contributed by atoms with Crippen LogP contribution in [0.5, 0.6) is 0 Å². The Morgan fingerprint density at radius 1 is 0.909 bits per heavy atom. The minimum atomic E-state index is -0.178. The number of para-hydroxylation sites is 2. The Bertz CT molecular complexity index is 1440. The van der Waals surface area contributed by atoms with Gasteiger partial charge in [-0.2, -0.15) is 4.52 Å². The molecule has 2 amide bonds. The van der Waals surface area contributed by atoms with Gasteiger partial charge in [-0.3, -0.25) is 0 Å². The van der Waals surface area contributed by atoms with E-state index in [1.165, 1.54) is 0 Å². The highest BCUT2D eigenvalue weighted by Crippen LogP contribution is 2.24. The van der Waals surface area contributed by atoms with E-state index in [2.05, 4.69) is 26.9 Å². The van der Waals surface area contributed by atoms with Crippen molar-refractivity contribution in [3.8, 4) is 0 Å². The summed E-state index contributed by atoms with van der Waals surface area (Å²) in [6.07, 6.45) is 0. The van der Waals surface area contributed by atoms with Gasteiger partial charge in [0.25, 0.3) is 0 Å². The Hall–Kier alpha value is -4.26. The number of nitrogens with zero attached hydrogens (tertiary/aromatic N) is 5. The maximum absolute atomic E-state index is 13.4. The SMILES string of the molecule is Cc1ccccc1NC(=O)N(Cc1ccccc1)Cc1cc2cccc(C)c2n2nnnc12. The second kappa shape index (κ2) is 8.70. The Kier molecular flexibility index (Phi) is 5.44. The van der Waals surface area contributed by atoms with Crippen molar-refractivity contribution in [2.45, 2.75) is 26.9 Å². The van der Waals surface area contributed by atoms with Crippen LogP contribution in [0.4, 0.5) is 10.5 Å². The van der Waals surface area contributed by atoms with E-state index < -0.39 is 0 Å². The van der Waals surface area contributed by atoms with Crippen molar-refractivity contribution in [1.82, 2.24) is 24.9 Å². The summed E-state index contributed by atoms with van der Waals surface area (Å²) >= 11 is 0. The van der Waals surface area contributed by atoms with Crippen molar-refractivity contribution in [3.05, 3.63) is 101 Å². The van der Waals surface area contributed by atoms with E-state index in [4.69, 9.17) is 0 Å². The summed E-state index contributed by atoms with van der Waals surface area (Å²) in [5.41, 5.74) is 6.45. The molecule has 0 bridgehead atoms. The molecule has 0 saturated heterocycles. The average molecular weight is 437 g/mol. The molecule has 0 radical (unpaired) electrons. The number of benzene rings is 3. The van der Waals surface area contributed by atoms with Crippen molar-refractivity contribution in [1.29, 1.82) is 0 Å². The summed E-state index contributed by atoms with van der Waals surface area (Å²) in [5, 5.41) is 16.5. The molecule has 0 fully saturated rings. The molecule has 0 atom stereocenters. The first-order chi connectivity index (χ1) is 16.1. The molecular weight excluding hydrogens is 412 g/mol. The highest BCUT2D eigenvalue weighted by atomic mass is 16.2. The third kappa shape index (κ3) is 4.13. The highest BCUT2D eigenvalue weighted by Gasteiger charge is 2.19. The van der Waals surface area contributed by atoms with Gasteiger partial charge < -0.3 is 10.2 Å². The van der Waals surface area contributed by atoms with Crippen LogP contribution in [-0.2, 0) is 13.1 Å². The second-order valence-electron chi connectivity index (χ2n) is 8.18. The lowest BCUT2D eigenvalue weighted by Crippen LogP contribution is -2.34. The predicted molar refractivity (Wildman–Crippen MR) is 129 cm³/mol. The van der Waals surface area contributed by atoms with Gasteiger partial charge in [0, 0.05) is 23.2 Å². The van der Waals surface area contributed by atoms with E-state index in [9.17, 15) is 4.79 Å². The number of carbonyl (C=O) groups excluding carboxylic acids is 1. The molecule has 33 heavy (non-hydrogen) atoms. The summed E-state index contributed by atoms with van der Waals surface area (Å²) in [4.78, 5) is 15.2. The Morgan fingerprint density at radius 2 is 1.67 bits per heavy atom. The van der Waals surface area contributed by atoms with Gasteiger partial charge in [-0.25, -0.2) is 4.79 Å². The number of aryl methyl sites for hydroxylation is 2. The quantitative estimate of drug-likeness (QED) is 0.414. The minimum absolute atomic E-state index is 0.178. The number of anilines is 1. The second-order valence-corrected chi connectivity index (χ2v) is 8.18. The van der Waals surface area contributed by atoms with Crippen LogP contribution in [0, 0.1) is 13.8 Å². The Labute approximate surface area is 191 Å². The summed E-state index contributed by atoms with van der Waals surface area (Å²) < 4.78 is 1.76. The van der Waals surface area contributed by atoms with Crippen molar-refractivity contribution in [3.63, 3.8) is 0 Å². The molecule has 0 aliphatic rings. The Balaban J connectivity index is 1.54. The van der Waals surface area contributed by atoms with Crippen LogP contribution >= 0.6 is 0 Å². The number of nitrogens with one attached hydrogen (secondary N) is 1. The number of hydrogen-bond donors (Lipinski definition) is 1. The van der Waals surface area contributed by atoms with E-state index in [0.717, 1.165) is 38.8 Å². The van der Waals surface area contributed by atoms with Crippen LogP contribution in [0.3, 0.4) is 0 Å². The van der Waals surface area contributed by atoms with Gasteiger partial charge in [0.05, 0.1) is 12.1 Å². The molecule has 3 aromatic carbocycles. The molecule has 0 aliphatic carbocycles. The van der Waals surface area contributed by atoms with Gasteiger partial charge >= 0.3 is 6.03 Å². The van der Waals surface area contributed by atoms with Crippen molar-refractivity contribution >= 4 is 28.3 Å². The van der Waals surface area contributed by atoms with Crippen LogP contribution in [0.2, 0.25) is 0 Å². The maximum atomic E-state index is 13.4. The largest absolute Gasteiger partial charge is 0.322 e. The maximum Gasteiger partial charge on any atom is 0.322 e. The lowest BCUT2D eigenvalue weighted by molar-refractivity contribution is 0.206. The van der Waals surface area contributed by atoms with Gasteiger partial charge in [0.1, 0.15) is 0 Å². The van der Waals surface area contributed by atoms with Gasteiger partial charge in [-0.05, 0) is 53.1 Å². The Morgan fingerprint density at radius 3 is 2.48 bits per heavy atom. The van der Waals surface area contributed by atoms with E-state index in [-0.39, 0.29) is 6.03 Å². The topological polar surface area (TPSA) is 75.4 Å². The van der Waals surface area contributed by atoms with Crippen LogP contribution in [0.1, 0.15) is 22.3 Å². The number of fused-ring (bicyclic) bond motifs is 3. The highest BCUT2D eigenvalue weighted by molar-refractivity contribution is 5.90. The predicted octanol–water partition coefficient (Wildman–Crippen LogP) is 5.13. The summed E-state index contributed by atoms with van der Waals surface area (Å²) in [6, 6.07) is 25.7. The normalized spacial score (nSPS) is 11.1. The zero-order chi connectivity index (χ0) is 22.8. The lowest BCUT2D eigenvalue weighted by Gasteiger charge is -2.24. The van der Waals surface area contributed by atoms with Crippen LogP contribution in [-0.4, -0.2) is 31.0 Å². The fourth-order valence-electron chi connectivity index (χ4n) is 4.11. The van der Waals surface area contributed by atoms with E-state index in [1.54, 1.807) is 9.42 Å². The molecule has 2 aromatic heterocycles. The number of pyridine rings is 1. The van der Waals surface area contributed by atoms with Crippen molar-refractivity contribution < 1.29 is 4.79 Å². The smallest absolute Gasteiger partial charge is 0.316 e. The number of tetrazole rings is 1. The molecule has 7 heteroatoms. The molecule has 5 rings (SSSR count). The zero-order valence-electron chi connectivity index (χ0n) is 18.6. The number of urea groups is 1. The minimum Gasteiger partial charge on any atom is -0.316 e. The molecule has 2 heterocycles. The molecule has 1 N–H and O–H groups in total. The third-order valence-corrected chi connectivity index (χ3v) is 5.82. The fraction of sp³-hybridized carbons (Fsp3) is 0.154. The number of carbonyl (C=O) groups is 1. The van der Waals surface area contributed by atoms with E-state index in [1.807, 2.05) is 86.6 Å². The molecule has 0 spiro atoms. The number of hydrogen-bond acceptors (Lipinski definition) is 4. The van der Waals surface area contributed by atoms with Crippen LogP contribution in [0.25, 0.3) is 16.6 Å². The molecule has 164 valence electrons. The molecule has 0 saturated carbocycles. The molecule has 5 aromatic rings. The number of amides is 2. The molecule has 0 unspecified atom stereocenters. The van der Waals surface area contributed by atoms with Gasteiger partial charge in [0.2, 0.25) is 0 Å². The van der Waals surface area contributed by atoms with Gasteiger partial charge in [-0.1, -0.05) is 66.7 Å². The summed E-state index contributed by atoms with van der Waals surface area (Å²) in [6.45, 7) is 4.84. The summed E-state index contributed by atoms with van der Waals surface area (Å²) in [5.74, 6) is 0. The first-order valence-electron chi connectivity index (χ1n) is 10.8. The summed E-state index contributed by atoms with van der Waals surface area (Å²) in [7, 11) is 0. The number of rotatable bonds is 5. The van der Waals surface area contributed by atoms with Crippen LogP contribution < -0.4 is 5.32 Å². The van der Waals surface area contributed by atoms with E-state index in [0.29, 0.717) is 18.7 Å². The van der Waals surface area contributed by atoms with Gasteiger partial charge in [-0.15, -0.1) is 5.10 Å². The monoisotopic (exact) mass is 436 g/mol. The average Bonchev–Trinajstić information content (AvgIpc) is 3.31. The lowest BCUT2D eigenvalue weighted by atomic mass is 10.1. The molecule has 7 nitrogen and oxygen atoms in total. The van der Waals surface area contributed by atoms with Crippen LogP contribution in [0.15, 0.2) is 78.9 Å². The first kappa shape index (κ1) is 20.6. The fourth-order valence-corrected chi connectivity index (χ4v) is 4.11. The van der Waals surface area contributed by atoms with Crippen molar-refractivity contribution in [2.24, 2.45) is 0 Å². The number of aromatic nitrogens is 4. The third-order valence-electron chi connectivity index (χ3n) is 5.82.